The second-order valence-corrected chi connectivity index (χ2v) is 9.39. The number of carbonyl (C=O) groups excluding carboxylic acids is 1. The topological polar surface area (TPSA) is 76.2 Å². The maximum absolute atomic E-state index is 13.2. The zero-order valence-corrected chi connectivity index (χ0v) is 17.0. The fourth-order valence-corrected chi connectivity index (χ4v) is 5.51. The maximum Gasteiger partial charge on any atom is 0.245 e. The molecule has 1 aromatic carbocycles. The third kappa shape index (κ3) is 3.97. The lowest BCUT2D eigenvalue weighted by Crippen LogP contribution is -2.55. The molecule has 2 aliphatic heterocycles. The standard InChI is InChI=1S/C19H28N2O5S/c1-15(2)14-18(22)20-10-8-19(9-11-20)21(12-13-26-19)27(23,24)17-6-4-16(25-3)5-7-17/h4-7,15H,8-14H2,1-3H3. The van der Waals surface area contributed by atoms with E-state index in [1.54, 1.807) is 31.4 Å². The van der Waals surface area contributed by atoms with Crippen molar-refractivity contribution in [2.45, 2.75) is 43.7 Å². The van der Waals surface area contributed by atoms with Crippen LogP contribution in [0.3, 0.4) is 0 Å². The SMILES string of the molecule is COc1ccc(S(=O)(=O)N2CCOC23CCN(C(=O)CC(C)C)CC3)cc1. The summed E-state index contributed by atoms with van der Waals surface area (Å²) >= 11 is 0. The minimum Gasteiger partial charge on any atom is -0.497 e. The number of amides is 1. The van der Waals surface area contributed by atoms with E-state index in [0.717, 1.165) is 0 Å². The zero-order valence-electron chi connectivity index (χ0n) is 16.2. The number of likely N-dealkylation sites (tertiary alicyclic amines) is 1. The van der Waals surface area contributed by atoms with Gasteiger partial charge in [0.05, 0.1) is 18.6 Å². The Balaban J connectivity index is 1.76. The molecule has 0 N–H and O–H groups in total. The zero-order chi connectivity index (χ0) is 19.7. The summed E-state index contributed by atoms with van der Waals surface area (Å²) < 4.78 is 38.9. The van der Waals surface area contributed by atoms with Crippen LogP contribution in [-0.4, -0.2) is 62.6 Å². The summed E-state index contributed by atoms with van der Waals surface area (Å²) in [5.41, 5.74) is -0.854. The average Bonchev–Trinajstić information content (AvgIpc) is 3.05. The van der Waals surface area contributed by atoms with Crippen molar-refractivity contribution >= 4 is 15.9 Å². The molecule has 3 rings (SSSR count). The summed E-state index contributed by atoms with van der Waals surface area (Å²) in [6.07, 6.45) is 1.50. The highest BCUT2D eigenvalue weighted by atomic mass is 32.2. The Bertz CT molecular complexity index is 768. The predicted octanol–water partition coefficient (Wildman–Crippen LogP) is 2.08. The molecule has 0 atom stereocenters. The molecule has 1 spiro atoms. The summed E-state index contributed by atoms with van der Waals surface area (Å²) in [7, 11) is -2.14. The largest absolute Gasteiger partial charge is 0.497 e. The molecule has 0 aromatic heterocycles. The minimum atomic E-state index is -3.68. The van der Waals surface area contributed by atoms with Crippen molar-refractivity contribution in [1.29, 1.82) is 0 Å². The van der Waals surface area contributed by atoms with Crippen molar-refractivity contribution in [3.8, 4) is 5.75 Å². The van der Waals surface area contributed by atoms with Crippen molar-refractivity contribution in [3.05, 3.63) is 24.3 Å². The van der Waals surface area contributed by atoms with Gasteiger partial charge in [-0.3, -0.25) is 4.79 Å². The average molecular weight is 397 g/mol. The maximum atomic E-state index is 13.2. The molecular formula is C19H28N2O5S. The van der Waals surface area contributed by atoms with Gasteiger partial charge in [0.1, 0.15) is 11.5 Å². The van der Waals surface area contributed by atoms with Crippen LogP contribution in [-0.2, 0) is 19.6 Å². The van der Waals surface area contributed by atoms with Gasteiger partial charge in [0.2, 0.25) is 15.9 Å². The number of benzene rings is 1. The normalized spacial score (nSPS) is 20.4. The third-order valence-corrected chi connectivity index (χ3v) is 7.21. The summed E-state index contributed by atoms with van der Waals surface area (Å²) in [5, 5.41) is 0. The van der Waals surface area contributed by atoms with Gasteiger partial charge in [-0.2, -0.15) is 4.31 Å². The highest BCUT2D eigenvalue weighted by Crippen LogP contribution is 2.38. The fourth-order valence-electron chi connectivity index (χ4n) is 3.79. The molecular weight excluding hydrogens is 368 g/mol. The summed E-state index contributed by atoms with van der Waals surface area (Å²) in [5.74, 6) is 1.05. The van der Waals surface area contributed by atoms with Crippen molar-refractivity contribution < 1.29 is 22.7 Å². The Kier molecular flexibility index (Phi) is 5.79. The van der Waals surface area contributed by atoms with Gasteiger partial charge in [-0.15, -0.1) is 0 Å². The van der Waals surface area contributed by atoms with Crippen LogP contribution in [0.2, 0.25) is 0 Å². The summed E-state index contributed by atoms with van der Waals surface area (Å²) in [6, 6.07) is 6.40. The van der Waals surface area contributed by atoms with Gasteiger partial charge in [0.25, 0.3) is 0 Å². The molecule has 150 valence electrons. The van der Waals surface area contributed by atoms with Crippen molar-refractivity contribution in [2.24, 2.45) is 5.92 Å². The van der Waals surface area contributed by atoms with Crippen LogP contribution >= 0.6 is 0 Å². The Labute approximate surface area is 161 Å². The molecule has 2 heterocycles. The monoisotopic (exact) mass is 396 g/mol. The molecule has 0 unspecified atom stereocenters. The van der Waals surface area contributed by atoms with Crippen molar-refractivity contribution in [2.75, 3.05) is 33.4 Å². The van der Waals surface area contributed by atoms with Gasteiger partial charge >= 0.3 is 0 Å². The van der Waals surface area contributed by atoms with Gasteiger partial charge < -0.3 is 14.4 Å². The van der Waals surface area contributed by atoms with Crippen LogP contribution in [0, 0.1) is 5.92 Å². The van der Waals surface area contributed by atoms with E-state index < -0.39 is 15.7 Å². The molecule has 8 heteroatoms. The van der Waals surface area contributed by atoms with Crippen LogP contribution < -0.4 is 4.74 Å². The number of rotatable bonds is 5. The number of piperidine rings is 1. The Morgan fingerprint density at radius 3 is 2.37 bits per heavy atom. The Morgan fingerprint density at radius 2 is 1.81 bits per heavy atom. The van der Waals surface area contributed by atoms with Gasteiger partial charge in [-0.1, -0.05) is 13.8 Å². The van der Waals surface area contributed by atoms with Crippen LogP contribution in [0.15, 0.2) is 29.2 Å². The van der Waals surface area contributed by atoms with E-state index in [4.69, 9.17) is 9.47 Å². The molecule has 0 saturated carbocycles. The molecule has 1 amide bonds. The second-order valence-electron chi connectivity index (χ2n) is 7.53. The van der Waals surface area contributed by atoms with Crippen molar-refractivity contribution in [1.82, 2.24) is 9.21 Å². The van der Waals surface area contributed by atoms with E-state index in [1.165, 1.54) is 4.31 Å². The predicted molar refractivity (Wildman–Crippen MR) is 101 cm³/mol. The molecule has 2 saturated heterocycles. The van der Waals surface area contributed by atoms with E-state index in [9.17, 15) is 13.2 Å². The number of carbonyl (C=O) groups is 1. The number of ether oxygens (including phenoxy) is 2. The van der Waals surface area contributed by atoms with Crippen LogP contribution in [0.5, 0.6) is 5.75 Å². The lowest BCUT2D eigenvalue weighted by Gasteiger charge is -2.43. The number of sulfonamides is 1. The first kappa shape index (κ1) is 20.1. The smallest absolute Gasteiger partial charge is 0.245 e. The summed E-state index contributed by atoms with van der Waals surface area (Å²) in [4.78, 5) is 14.4. The number of methoxy groups -OCH3 is 1. The molecule has 27 heavy (non-hydrogen) atoms. The van der Waals surface area contributed by atoms with E-state index >= 15 is 0 Å². The molecule has 0 radical (unpaired) electrons. The first-order valence-electron chi connectivity index (χ1n) is 9.37. The van der Waals surface area contributed by atoms with Crippen molar-refractivity contribution in [3.63, 3.8) is 0 Å². The van der Waals surface area contributed by atoms with E-state index in [0.29, 0.717) is 57.2 Å². The number of hydrogen-bond donors (Lipinski definition) is 0. The molecule has 2 fully saturated rings. The van der Waals surface area contributed by atoms with Crippen LogP contribution in [0.4, 0.5) is 0 Å². The number of nitrogens with zero attached hydrogens (tertiary/aromatic N) is 2. The lowest BCUT2D eigenvalue weighted by atomic mass is 9.99. The van der Waals surface area contributed by atoms with Gasteiger partial charge in [-0.05, 0) is 30.2 Å². The van der Waals surface area contributed by atoms with Gasteiger partial charge in [0.15, 0.2) is 0 Å². The highest BCUT2D eigenvalue weighted by Gasteiger charge is 2.50. The molecule has 0 bridgehead atoms. The first-order chi connectivity index (χ1) is 12.8. The molecule has 1 aromatic rings. The number of hydrogen-bond acceptors (Lipinski definition) is 5. The Hall–Kier alpha value is -1.64. The highest BCUT2D eigenvalue weighted by molar-refractivity contribution is 7.89. The van der Waals surface area contributed by atoms with E-state index in [-0.39, 0.29) is 10.8 Å². The van der Waals surface area contributed by atoms with E-state index in [2.05, 4.69) is 0 Å². The lowest BCUT2D eigenvalue weighted by molar-refractivity contribution is -0.140. The quantitative estimate of drug-likeness (QED) is 0.762. The molecule has 7 nitrogen and oxygen atoms in total. The fraction of sp³-hybridized carbons (Fsp3) is 0.632. The summed E-state index contributed by atoms with van der Waals surface area (Å²) in [6.45, 7) is 5.77. The minimum absolute atomic E-state index is 0.127. The van der Waals surface area contributed by atoms with E-state index in [1.807, 2.05) is 18.7 Å². The second kappa shape index (κ2) is 7.77. The molecule has 2 aliphatic rings. The van der Waals surface area contributed by atoms with Gasteiger partial charge in [0, 0.05) is 38.9 Å². The first-order valence-corrected chi connectivity index (χ1v) is 10.8. The third-order valence-electron chi connectivity index (χ3n) is 5.25. The molecule has 0 aliphatic carbocycles. The Morgan fingerprint density at radius 1 is 1.19 bits per heavy atom. The van der Waals surface area contributed by atoms with Gasteiger partial charge in [-0.25, -0.2) is 8.42 Å². The van der Waals surface area contributed by atoms with Crippen LogP contribution in [0.25, 0.3) is 0 Å². The van der Waals surface area contributed by atoms with Crippen LogP contribution in [0.1, 0.15) is 33.1 Å².